The fraction of sp³-hybridized carbons (Fsp3) is 0.471. The molecule has 0 bridgehead atoms. The maximum absolute atomic E-state index is 6.03. The zero-order valence-corrected chi connectivity index (χ0v) is 12.8. The van der Waals surface area contributed by atoms with Gasteiger partial charge in [0, 0.05) is 18.4 Å². The molecule has 0 spiro atoms. The molecular formula is C17H23N3O. The third-order valence-corrected chi connectivity index (χ3v) is 4.19. The molecule has 0 amide bonds. The lowest BCUT2D eigenvalue weighted by molar-refractivity contribution is 0.294. The molecule has 1 aliphatic rings. The van der Waals surface area contributed by atoms with Gasteiger partial charge in [0.1, 0.15) is 18.2 Å². The van der Waals surface area contributed by atoms with E-state index in [4.69, 9.17) is 4.74 Å². The van der Waals surface area contributed by atoms with Crippen LogP contribution in [0.2, 0.25) is 0 Å². The highest BCUT2D eigenvalue weighted by molar-refractivity contribution is 5.45. The zero-order valence-electron chi connectivity index (χ0n) is 12.8. The Labute approximate surface area is 126 Å². The highest BCUT2D eigenvalue weighted by Crippen LogP contribution is 2.36. The number of ether oxygens (including phenoxy) is 1. The molecule has 0 aliphatic heterocycles. The van der Waals surface area contributed by atoms with Crippen LogP contribution in [0.3, 0.4) is 0 Å². The van der Waals surface area contributed by atoms with Crippen molar-refractivity contribution in [2.24, 2.45) is 0 Å². The molecule has 3 rings (SSSR count). The summed E-state index contributed by atoms with van der Waals surface area (Å²) in [4.78, 5) is 4.23. The minimum Gasteiger partial charge on any atom is -0.491 e. The average molecular weight is 285 g/mol. The van der Waals surface area contributed by atoms with Crippen LogP contribution in [0.1, 0.15) is 36.3 Å². The van der Waals surface area contributed by atoms with E-state index in [1.165, 1.54) is 17.5 Å². The minimum atomic E-state index is 0.490. The maximum Gasteiger partial charge on any atom is 0.122 e. The van der Waals surface area contributed by atoms with Crippen LogP contribution in [0.15, 0.2) is 30.6 Å². The molecule has 21 heavy (non-hydrogen) atoms. The van der Waals surface area contributed by atoms with E-state index in [-0.39, 0.29) is 0 Å². The van der Waals surface area contributed by atoms with Crippen LogP contribution in [0.5, 0.6) is 5.75 Å². The molecule has 0 fully saturated rings. The first-order valence-corrected chi connectivity index (χ1v) is 7.75. The van der Waals surface area contributed by atoms with Crippen LogP contribution in [0, 0.1) is 6.92 Å². The second-order valence-electron chi connectivity index (χ2n) is 5.49. The predicted octanol–water partition coefficient (Wildman–Crippen LogP) is 2.87. The zero-order chi connectivity index (χ0) is 14.7. The molecule has 1 atom stereocenters. The van der Waals surface area contributed by atoms with E-state index in [9.17, 15) is 0 Å². The highest BCUT2D eigenvalue weighted by Gasteiger charge is 2.24. The molecule has 0 saturated carbocycles. The van der Waals surface area contributed by atoms with Crippen molar-refractivity contribution < 1.29 is 4.74 Å². The van der Waals surface area contributed by atoms with Crippen molar-refractivity contribution >= 4 is 0 Å². The number of imidazole rings is 1. The molecule has 4 heteroatoms. The van der Waals surface area contributed by atoms with Gasteiger partial charge >= 0.3 is 0 Å². The number of aromatic nitrogens is 2. The predicted molar refractivity (Wildman–Crippen MR) is 83.6 cm³/mol. The Balaban J connectivity index is 1.66. The van der Waals surface area contributed by atoms with Crippen molar-refractivity contribution in [1.29, 1.82) is 0 Å². The number of aryl methyl sites for hydroxylation is 1. The largest absolute Gasteiger partial charge is 0.491 e. The molecule has 1 aliphatic carbocycles. The molecule has 1 aromatic carbocycles. The summed E-state index contributed by atoms with van der Waals surface area (Å²) in [5, 5.41) is 3.55. The molecule has 112 valence electrons. The van der Waals surface area contributed by atoms with Crippen LogP contribution in [0.4, 0.5) is 0 Å². The Morgan fingerprint density at radius 2 is 2.33 bits per heavy atom. The molecule has 1 unspecified atom stereocenters. The van der Waals surface area contributed by atoms with Gasteiger partial charge in [-0.2, -0.15) is 0 Å². The molecular weight excluding hydrogens is 262 g/mol. The fourth-order valence-corrected chi connectivity index (χ4v) is 3.11. The number of benzene rings is 1. The fourth-order valence-electron chi connectivity index (χ4n) is 3.11. The second-order valence-corrected chi connectivity index (χ2v) is 5.49. The summed E-state index contributed by atoms with van der Waals surface area (Å²) < 4.78 is 8.14. The SMILES string of the molecule is CCNC1CCc2c(OCCn3ccnc3C)cccc21. The number of nitrogens with one attached hydrogen (secondary N) is 1. The van der Waals surface area contributed by atoms with Gasteiger partial charge in [0.05, 0.1) is 6.54 Å². The number of hydrogen-bond donors (Lipinski definition) is 1. The van der Waals surface area contributed by atoms with Gasteiger partial charge in [-0.3, -0.25) is 0 Å². The van der Waals surface area contributed by atoms with E-state index in [0.717, 1.165) is 31.1 Å². The van der Waals surface area contributed by atoms with Crippen LogP contribution in [0.25, 0.3) is 0 Å². The Kier molecular flexibility index (Phi) is 4.25. The first-order valence-electron chi connectivity index (χ1n) is 7.75. The van der Waals surface area contributed by atoms with Crippen molar-refractivity contribution in [1.82, 2.24) is 14.9 Å². The summed E-state index contributed by atoms with van der Waals surface area (Å²) in [6.45, 7) is 6.70. The van der Waals surface area contributed by atoms with Gasteiger partial charge in [-0.05, 0) is 43.5 Å². The lowest BCUT2D eigenvalue weighted by Crippen LogP contribution is -2.18. The van der Waals surface area contributed by atoms with Gasteiger partial charge in [-0.1, -0.05) is 19.1 Å². The second kappa shape index (κ2) is 6.31. The molecule has 0 saturated heterocycles. The van der Waals surface area contributed by atoms with Crippen molar-refractivity contribution in [2.45, 2.75) is 39.3 Å². The lowest BCUT2D eigenvalue weighted by Gasteiger charge is -2.14. The highest BCUT2D eigenvalue weighted by atomic mass is 16.5. The Hall–Kier alpha value is -1.81. The van der Waals surface area contributed by atoms with Crippen molar-refractivity contribution in [3.63, 3.8) is 0 Å². The van der Waals surface area contributed by atoms with E-state index in [0.29, 0.717) is 12.6 Å². The first-order chi connectivity index (χ1) is 10.3. The number of hydrogen-bond acceptors (Lipinski definition) is 3. The maximum atomic E-state index is 6.03. The standard InChI is InChI=1S/C17H23N3O/c1-3-18-16-8-7-15-14(16)5-4-6-17(15)21-12-11-20-10-9-19-13(20)2/h4-6,9-10,16,18H,3,7-8,11-12H2,1-2H3. The van der Waals surface area contributed by atoms with Crippen molar-refractivity contribution in [2.75, 3.05) is 13.2 Å². The third kappa shape index (κ3) is 2.95. The number of fused-ring (bicyclic) bond motifs is 1. The summed E-state index contributed by atoms with van der Waals surface area (Å²) in [7, 11) is 0. The van der Waals surface area contributed by atoms with E-state index in [1.54, 1.807) is 0 Å². The van der Waals surface area contributed by atoms with Gasteiger partial charge < -0.3 is 14.6 Å². The number of rotatable bonds is 6. The van der Waals surface area contributed by atoms with Crippen LogP contribution in [-0.4, -0.2) is 22.7 Å². The first kappa shape index (κ1) is 14.1. The quantitative estimate of drug-likeness (QED) is 0.887. The van der Waals surface area contributed by atoms with Gasteiger partial charge in [0.15, 0.2) is 0 Å². The molecule has 0 radical (unpaired) electrons. The smallest absolute Gasteiger partial charge is 0.122 e. The molecule has 4 nitrogen and oxygen atoms in total. The lowest BCUT2D eigenvalue weighted by atomic mass is 10.1. The topological polar surface area (TPSA) is 39.1 Å². The summed E-state index contributed by atoms with van der Waals surface area (Å²) >= 11 is 0. The summed E-state index contributed by atoms with van der Waals surface area (Å²) in [6.07, 6.45) is 6.10. The minimum absolute atomic E-state index is 0.490. The molecule has 1 N–H and O–H groups in total. The third-order valence-electron chi connectivity index (χ3n) is 4.19. The van der Waals surface area contributed by atoms with Gasteiger partial charge in [-0.15, -0.1) is 0 Å². The van der Waals surface area contributed by atoms with Crippen molar-refractivity contribution in [3.05, 3.63) is 47.5 Å². The Morgan fingerprint density at radius 3 is 3.10 bits per heavy atom. The summed E-state index contributed by atoms with van der Waals surface area (Å²) in [6, 6.07) is 6.91. The van der Waals surface area contributed by atoms with Crippen LogP contribution >= 0.6 is 0 Å². The van der Waals surface area contributed by atoms with Gasteiger partial charge in [-0.25, -0.2) is 4.98 Å². The molecule has 1 aromatic heterocycles. The summed E-state index contributed by atoms with van der Waals surface area (Å²) in [5.41, 5.74) is 2.79. The van der Waals surface area contributed by atoms with Gasteiger partial charge in [0.2, 0.25) is 0 Å². The Morgan fingerprint density at radius 1 is 1.43 bits per heavy atom. The van der Waals surface area contributed by atoms with Gasteiger partial charge in [0.25, 0.3) is 0 Å². The average Bonchev–Trinajstić information content (AvgIpc) is 3.08. The van der Waals surface area contributed by atoms with E-state index >= 15 is 0 Å². The normalized spacial score (nSPS) is 17.0. The monoisotopic (exact) mass is 285 g/mol. The van der Waals surface area contributed by atoms with E-state index in [1.807, 2.05) is 19.3 Å². The summed E-state index contributed by atoms with van der Waals surface area (Å²) in [5.74, 6) is 2.08. The number of nitrogens with zero attached hydrogens (tertiary/aromatic N) is 2. The van der Waals surface area contributed by atoms with Crippen LogP contribution in [-0.2, 0) is 13.0 Å². The molecule has 1 heterocycles. The van der Waals surface area contributed by atoms with E-state index < -0.39 is 0 Å². The molecule has 2 aromatic rings. The van der Waals surface area contributed by atoms with E-state index in [2.05, 4.69) is 40.0 Å². The Bertz CT molecular complexity index is 606. The van der Waals surface area contributed by atoms with Crippen molar-refractivity contribution in [3.8, 4) is 5.75 Å². The van der Waals surface area contributed by atoms with Crippen LogP contribution < -0.4 is 10.1 Å².